The number of methoxy groups -OCH3 is 1. The van der Waals surface area contributed by atoms with Crippen LogP contribution in [0.15, 0.2) is 0 Å². The highest BCUT2D eigenvalue weighted by atomic mass is 16.5. The summed E-state index contributed by atoms with van der Waals surface area (Å²) in [5.74, 6) is 8.00. The molecule has 1 aromatic rings. The zero-order valence-corrected chi connectivity index (χ0v) is 13.2. The third-order valence-electron chi connectivity index (χ3n) is 3.55. The van der Waals surface area contributed by atoms with Gasteiger partial charge in [0.15, 0.2) is 0 Å². The molecule has 1 atom stereocenters. The number of ether oxygens (including phenoxy) is 1. The number of anilines is 2. The molecule has 1 aromatic heterocycles. The van der Waals surface area contributed by atoms with Crippen molar-refractivity contribution < 1.29 is 4.74 Å². The number of nitrogens with two attached hydrogens (primary N) is 1. The number of nitrogens with zero attached hydrogens (tertiary/aromatic N) is 3. The van der Waals surface area contributed by atoms with Gasteiger partial charge in [-0.15, -0.1) is 0 Å². The van der Waals surface area contributed by atoms with Crippen LogP contribution in [0.25, 0.3) is 0 Å². The number of aryl methyl sites for hydroxylation is 1. The molecule has 0 spiro atoms. The number of hydrogen-bond acceptors (Lipinski definition) is 6. The van der Waals surface area contributed by atoms with Crippen LogP contribution in [0, 0.1) is 6.92 Å². The number of rotatable bonds is 8. The maximum Gasteiger partial charge on any atom is 0.148 e. The second-order valence-corrected chi connectivity index (χ2v) is 4.88. The fraction of sp³-hybridized carbons (Fsp3) is 0.714. The van der Waals surface area contributed by atoms with Crippen LogP contribution in [0.4, 0.5) is 11.6 Å². The molecule has 0 aliphatic heterocycles. The summed E-state index contributed by atoms with van der Waals surface area (Å²) >= 11 is 0. The van der Waals surface area contributed by atoms with E-state index < -0.39 is 0 Å². The van der Waals surface area contributed by atoms with Crippen LogP contribution in [-0.2, 0) is 11.2 Å². The summed E-state index contributed by atoms with van der Waals surface area (Å²) in [6, 6.07) is 0.383. The first kappa shape index (κ1) is 16.7. The Bertz CT molecular complexity index is 424. The third kappa shape index (κ3) is 3.80. The fourth-order valence-electron chi connectivity index (χ4n) is 2.07. The number of nitrogens with one attached hydrogen (secondary N) is 1. The molecule has 0 fully saturated rings. The number of hydrazine groups is 1. The zero-order valence-electron chi connectivity index (χ0n) is 13.2. The molecule has 0 amide bonds. The Balaban J connectivity index is 3.22. The van der Waals surface area contributed by atoms with Gasteiger partial charge in [-0.1, -0.05) is 13.8 Å². The molecule has 6 heteroatoms. The van der Waals surface area contributed by atoms with Gasteiger partial charge in [0.25, 0.3) is 0 Å². The van der Waals surface area contributed by atoms with Gasteiger partial charge in [-0.25, -0.2) is 15.8 Å². The molecule has 1 heterocycles. The molecular weight excluding hydrogens is 254 g/mol. The Kier molecular flexibility index (Phi) is 6.67. The summed E-state index contributed by atoms with van der Waals surface area (Å²) in [5, 5.41) is 0. The van der Waals surface area contributed by atoms with E-state index in [1.54, 1.807) is 7.11 Å². The highest BCUT2D eigenvalue weighted by molar-refractivity contribution is 5.58. The maximum atomic E-state index is 5.57. The van der Waals surface area contributed by atoms with E-state index in [0.29, 0.717) is 18.5 Å². The molecule has 0 radical (unpaired) electrons. The van der Waals surface area contributed by atoms with Gasteiger partial charge in [0, 0.05) is 31.7 Å². The largest absolute Gasteiger partial charge is 0.383 e. The van der Waals surface area contributed by atoms with Crippen molar-refractivity contribution >= 4 is 11.6 Å². The summed E-state index contributed by atoms with van der Waals surface area (Å²) in [6.45, 7) is 9.86. The first-order chi connectivity index (χ1) is 9.58. The van der Waals surface area contributed by atoms with Crippen molar-refractivity contribution in [3.8, 4) is 0 Å². The highest BCUT2D eigenvalue weighted by Gasteiger charge is 2.19. The van der Waals surface area contributed by atoms with Gasteiger partial charge in [0.2, 0.25) is 0 Å². The molecule has 6 nitrogen and oxygen atoms in total. The van der Waals surface area contributed by atoms with E-state index in [1.165, 1.54) is 0 Å². The minimum absolute atomic E-state index is 0.383. The van der Waals surface area contributed by atoms with Gasteiger partial charge >= 0.3 is 0 Å². The molecule has 0 aromatic carbocycles. The van der Waals surface area contributed by atoms with Gasteiger partial charge in [0.1, 0.15) is 17.5 Å². The minimum Gasteiger partial charge on any atom is -0.383 e. The van der Waals surface area contributed by atoms with Crippen LogP contribution in [0.1, 0.15) is 38.6 Å². The SMILES string of the molecule is CCc1nc(NN)c(C)c(N(CCOC)C(C)CC)n1. The lowest BCUT2D eigenvalue weighted by atomic mass is 10.2. The van der Waals surface area contributed by atoms with E-state index in [-0.39, 0.29) is 0 Å². The summed E-state index contributed by atoms with van der Waals surface area (Å²) in [5.41, 5.74) is 3.64. The number of nitrogen functional groups attached to an aromatic ring is 1. The smallest absolute Gasteiger partial charge is 0.148 e. The average Bonchev–Trinajstić information content (AvgIpc) is 2.48. The van der Waals surface area contributed by atoms with Crippen molar-refractivity contribution in [2.24, 2.45) is 5.84 Å². The third-order valence-corrected chi connectivity index (χ3v) is 3.55. The van der Waals surface area contributed by atoms with E-state index in [0.717, 1.165) is 36.6 Å². The van der Waals surface area contributed by atoms with E-state index in [1.807, 2.05) is 13.8 Å². The van der Waals surface area contributed by atoms with Crippen LogP contribution in [0.5, 0.6) is 0 Å². The predicted octanol–water partition coefficient (Wildman–Crippen LogP) is 1.88. The van der Waals surface area contributed by atoms with E-state index in [9.17, 15) is 0 Å². The standard InChI is InChI=1S/C14H27N5O/c1-6-10(3)19(8-9-20-5)14-11(4)13(18-15)16-12(7-2)17-14/h10H,6-9,15H2,1-5H3,(H,16,17,18). The maximum absolute atomic E-state index is 5.57. The van der Waals surface area contributed by atoms with Crippen LogP contribution >= 0.6 is 0 Å². The predicted molar refractivity (Wildman–Crippen MR) is 82.9 cm³/mol. The lowest BCUT2D eigenvalue weighted by Crippen LogP contribution is -2.37. The Labute approximate surface area is 121 Å². The minimum atomic E-state index is 0.383. The molecule has 0 saturated carbocycles. The van der Waals surface area contributed by atoms with Crippen molar-refractivity contribution in [1.82, 2.24) is 9.97 Å². The van der Waals surface area contributed by atoms with Crippen molar-refractivity contribution in [1.29, 1.82) is 0 Å². The van der Waals surface area contributed by atoms with Gasteiger partial charge in [0.05, 0.1) is 6.61 Å². The second kappa shape index (κ2) is 8.01. The summed E-state index contributed by atoms with van der Waals surface area (Å²) in [7, 11) is 1.71. The van der Waals surface area contributed by atoms with E-state index in [4.69, 9.17) is 10.6 Å². The van der Waals surface area contributed by atoms with E-state index >= 15 is 0 Å². The van der Waals surface area contributed by atoms with Crippen molar-refractivity contribution in [3.05, 3.63) is 11.4 Å². The van der Waals surface area contributed by atoms with E-state index in [2.05, 4.69) is 34.1 Å². The quantitative estimate of drug-likeness (QED) is 0.560. The molecule has 1 unspecified atom stereocenters. The van der Waals surface area contributed by atoms with Gasteiger partial charge in [-0.05, 0) is 20.3 Å². The van der Waals surface area contributed by atoms with Crippen LogP contribution in [-0.4, -0.2) is 36.3 Å². The van der Waals surface area contributed by atoms with Crippen LogP contribution < -0.4 is 16.2 Å². The molecule has 0 bridgehead atoms. The first-order valence-corrected chi connectivity index (χ1v) is 7.18. The first-order valence-electron chi connectivity index (χ1n) is 7.18. The second-order valence-electron chi connectivity index (χ2n) is 4.88. The molecule has 1 rings (SSSR count). The Morgan fingerprint density at radius 2 is 2.05 bits per heavy atom. The lowest BCUT2D eigenvalue weighted by Gasteiger charge is -2.31. The van der Waals surface area contributed by atoms with Crippen molar-refractivity contribution in [2.75, 3.05) is 30.6 Å². The van der Waals surface area contributed by atoms with Gasteiger partial charge < -0.3 is 15.1 Å². The zero-order chi connectivity index (χ0) is 15.1. The molecule has 3 N–H and O–H groups in total. The monoisotopic (exact) mass is 281 g/mol. The molecule has 0 aliphatic carbocycles. The molecule has 0 aliphatic rings. The highest BCUT2D eigenvalue weighted by Crippen LogP contribution is 2.25. The van der Waals surface area contributed by atoms with Gasteiger partial charge in [-0.2, -0.15) is 0 Å². The van der Waals surface area contributed by atoms with Gasteiger partial charge in [-0.3, -0.25) is 0 Å². The number of hydrogen-bond donors (Lipinski definition) is 2. The summed E-state index contributed by atoms with van der Waals surface area (Å²) < 4.78 is 5.22. The normalized spacial score (nSPS) is 12.3. The van der Waals surface area contributed by atoms with Crippen LogP contribution in [0.3, 0.4) is 0 Å². The van der Waals surface area contributed by atoms with Crippen LogP contribution in [0.2, 0.25) is 0 Å². The lowest BCUT2D eigenvalue weighted by molar-refractivity contribution is 0.203. The summed E-state index contributed by atoms with van der Waals surface area (Å²) in [6.07, 6.45) is 1.82. The molecule has 114 valence electrons. The molecule has 0 saturated heterocycles. The Morgan fingerprint density at radius 1 is 1.35 bits per heavy atom. The fourth-order valence-corrected chi connectivity index (χ4v) is 2.07. The summed E-state index contributed by atoms with van der Waals surface area (Å²) in [4.78, 5) is 11.4. The molecular formula is C14H27N5O. The van der Waals surface area contributed by atoms with Crippen molar-refractivity contribution in [2.45, 2.75) is 46.6 Å². The van der Waals surface area contributed by atoms with Crippen molar-refractivity contribution in [3.63, 3.8) is 0 Å². The Morgan fingerprint density at radius 3 is 2.55 bits per heavy atom. The number of aromatic nitrogens is 2. The molecule has 20 heavy (non-hydrogen) atoms. The Hall–Kier alpha value is -1.40. The topological polar surface area (TPSA) is 76.3 Å². The average molecular weight is 281 g/mol.